The summed E-state index contributed by atoms with van der Waals surface area (Å²) in [6, 6.07) is 9.23. The highest BCUT2D eigenvalue weighted by Gasteiger charge is 2.30. The maximum atomic E-state index is 12.1. The number of anilines is 2. The molecule has 10 nitrogen and oxygen atoms in total. The molecule has 0 aliphatic heterocycles. The molecule has 2 aromatic carbocycles. The van der Waals surface area contributed by atoms with Crippen molar-refractivity contribution in [3.8, 4) is 28.4 Å². The van der Waals surface area contributed by atoms with Gasteiger partial charge >= 0.3 is 0 Å². The lowest BCUT2D eigenvalue weighted by Crippen LogP contribution is -2.29. The van der Waals surface area contributed by atoms with E-state index in [2.05, 4.69) is 4.98 Å². The Morgan fingerprint density at radius 1 is 1.22 bits per heavy atom. The third-order valence-electron chi connectivity index (χ3n) is 6.05. The van der Waals surface area contributed by atoms with Crippen LogP contribution in [0.2, 0.25) is 5.02 Å². The van der Waals surface area contributed by atoms with E-state index >= 15 is 0 Å². The van der Waals surface area contributed by atoms with E-state index in [-0.39, 0.29) is 22.9 Å². The number of aryl methyl sites for hydroxylation is 1. The van der Waals surface area contributed by atoms with Gasteiger partial charge in [0.15, 0.2) is 11.6 Å². The van der Waals surface area contributed by atoms with E-state index in [0.717, 1.165) is 16.5 Å². The number of aromatic nitrogens is 3. The Morgan fingerprint density at radius 3 is 2.61 bits per heavy atom. The van der Waals surface area contributed by atoms with Gasteiger partial charge in [0, 0.05) is 55.9 Å². The average molecular weight is 510 g/mol. The van der Waals surface area contributed by atoms with Gasteiger partial charge in [-0.2, -0.15) is 0 Å². The van der Waals surface area contributed by atoms with Crippen molar-refractivity contribution in [3.05, 3.63) is 57.9 Å². The number of benzene rings is 2. The van der Waals surface area contributed by atoms with Crippen molar-refractivity contribution >= 4 is 39.6 Å². The molecule has 0 bridgehead atoms. The number of nitro benzene ring substituents is 1. The van der Waals surface area contributed by atoms with Crippen LogP contribution in [0.5, 0.6) is 5.75 Å². The summed E-state index contributed by atoms with van der Waals surface area (Å²) >= 11 is 6.59. The van der Waals surface area contributed by atoms with Gasteiger partial charge in [-0.05, 0) is 20.2 Å². The number of halogens is 1. The molecule has 0 aliphatic rings. The van der Waals surface area contributed by atoms with Gasteiger partial charge in [-0.15, -0.1) is 0 Å². The number of rotatable bonds is 8. The minimum absolute atomic E-state index is 0.120. The van der Waals surface area contributed by atoms with E-state index in [1.54, 1.807) is 11.9 Å². The monoisotopic (exact) mass is 509 g/mol. The highest BCUT2D eigenvalue weighted by atomic mass is 35.5. The molecular weight excluding hydrogens is 482 g/mol. The molecule has 0 saturated carbocycles. The molecule has 11 heteroatoms. The van der Waals surface area contributed by atoms with Crippen LogP contribution in [0.15, 0.2) is 42.7 Å². The molecule has 36 heavy (non-hydrogen) atoms. The number of hydrogen-bond acceptors (Lipinski definition) is 8. The van der Waals surface area contributed by atoms with Crippen LogP contribution in [0, 0.1) is 10.1 Å². The van der Waals surface area contributed by atoms with Crippen LogP contribution in [0.25, 0.3) is 33.5 Å². The van der Waals surface area contributed by atoms with Crippen LogP contribution < -0.4 is 15.4 Å². The number of methoxy groups -OCH3 is 1. The van der Waals surface area contributed by atoms with Crippen molar-refractivity contribution in [3.63, 3.8) is 0 Å². The maximum absolute atomic E-state index is 12.1. The fourth-order valence-corrected chi connectivity index (χ4v) is 4.48. The Kier molecular flexibility index (Phi) is 7.00. The van der Waals surface area contributed by atoms with E-state index < -0.39 is 4.92 Å². The number of likely N-dealkylation sites (N-methyl/N-ethyl adjacent to an activating group) is 2. The maximum Gasteiger partial charge on any atom is 0.295 e. The quantitative estimate of drug-likeness (QED) is 0.210. The Balaban J connectivity index is 2.00. The van der Waals surface area contributed by atoms with Gasteiger partial charge in [0.05, 0.1) is 40.2 Å². The summed E-state index contributed by atoms with van der Waals surface area (Å²) in [6.07, 6.45) is 3.45. The van der Waals surface area contributed by atoms with Gasteiger partial charge in [-0.1, -0.05) is 29.8 Å². The first-order chi connectivity index (χ1) is 17.1. The van der Waals surface area contributed by atoms with Crippen LogP contribution in [-0.4, -0.2) is 65.7 Å². The normalized spacial score (nSPS) is 11.3. The second kappa shape index (κ2) is 10.00. The molecule has 4 rings (SSSR count). The Bertz CT molecular complexity index is 1450. The van der Waals surface area contributed by atoms with Crippen molar-refractivity contribution in [2.45, 2.75) is 0 Å². The first-order valence-electron chi connectivity index (χ1n) is 11.2. The molecule has 0 amide bonds. The largest absolute Gasteiger partial charge is 0.494 e. The summed E-state index contributed by atoms with van der Waals surface area (Å²) in [5, 5.41) is 13.4. The minimum atomic E-state index is -0.456. The summed E-state index contributed by atoms with van der Waals surface area (Å²) in [5.41, 5.74) is 9.18. The number of nitrogens with two attached hydrogens (primary N) is 1. The predicted octanol–water partition coefficient (Wildman–Crippen LogP) is 4.45. The van der Waals surface area contributed by atoms with Crippen molar-refractivity contribution in [1.29, 1.82) is 0 Å². The lowest BCUT2D eigenvalue weighted by molar-refractivity contribution is -0.384. The second-order valence-corrected chi connectivity index (χ2v) is 9.19. The Labute approximate surface area is 214 Å². The SMILES string of the molecule is COc1c(N)cc([N+](=O)[O-])c(N(C)CCN(C)C)c1-c1ncc(Cl)c(-c2cn(C)c3ccccc23)n1. The number of para-hydroxylation sites is 1. The number of hydrogen-bond donors (Lipinski definition) is 1. The van der Waals surface area contributed by atoms with E-state index in [9.17, 15) is 10.1 Å². The smallest absolute Gasteiger partial charge is 0.295 e. The second-order valence-electron chi connectivity index (χ2n) is 8.78. The molecule has 0 unspecified atom stereocenters. The predicted molar refractivity (Wildman–Crippen MR) is 144 cm³/mol. The Morgan fingerprint density at radius 2 is 1.94 bits per heavy atom. The molecule has 2 heterocycles. The highest BCUT2D eigenvalue weighted by molar-refractivity contribution is 6.33. The molecule has 0 saturated heterocycles. The summed E-state index contributed by atoms with van der Waals surface area (Å²) in [4.78, 5) is 24.7. The third kappa shape index (κ3) is 4.52. The fourth-order valence-electron chi connectivity index (χ4n) is 4.28. The van der Waals surface area contributed by atoms with Crippen molar-refractivity contribution in [2.75, 3.05) is 52.0 Å². The summed E-state index contributed by atoms with van der Waals surface area (Å²) in [7, 11) is 9.07. The van der Waals surface area contributed by atoms with Crippen LogP contribution in [0.3, 0.4) is 0 Å². The van der Waals surface area contributed by atoms with Crippen molar-refractivity contribution in [2.24, 2.45) is 7.05 Å². The summed E-state index contributed by atoms with van der Waals surface area (Å²) < 4.78 is 7.63. The molecule has 4 aromatic rings. The van der Waals surface area contributed by atoms with Gasteiger partial charge in [-0.3, -0.25) is 10.1 Å². The lowest BCUT2D eigenvalue weighted by atomic mass is 10.0. The third-order valence-corrected chi connectivity index (χ3v) is 6.32. The minimum Gasteiger partial charge on any atom is -0.494 e. The van der Waals surface area contributed by atoms with Crippen LogP contribution in [-0.2, 0) is 7.05 Å². The van der Waals surface area contributed by atoms with Crippen LogP contribution in [0.1, 0.15) is 0 Å². The van der Waals surface area contributed by atoms with Crippen LogP contribution in [0.4, 0.5) is 17.1 Å². The molecule has 2 aromatic heterocycles. The average Bonchev–Trinajstić information content (AvgIpc) is 3.18. The van der Waals surface area contributed by atoms with Gasteiger partial charge in [0.2, 0.25) is 0 Å². The van der Waals surface area contributed by atoms with Gasteiger partial charge < -0.3 is 24.8 Å². The van der Waals surface area contributed by atoms with E-state index in [1.807, 2.05) is 61.1 Å². The van der Waals surface area contributed by atoms with Crippen molar-refractivity contribution < 1.29 is 9.66 Å². The Hall–Kier alpha value is -3.89. The first-order valence-corrected chi connectivity index (χ1v) is 11.6. The van der Waals surface area contributed by atoms with Crippen LogP contribution >= 0.6 is 11.6 Å². The van der Waals surface area contributed by atoms with Gasteiger partial charge in [0.1, 0.15) is 5.69 Å². The van der Waals surface area contributed by atoms with E-state index in [4.69, 9.17) is 27.1 Å². The number of ether oxygens (including phenoxy) is 1. The topological polar surface area (TPSA) is 116 Å². The van der Waals surface area contributed by atoms with Gasteiger partial charge in [-0.25, -0.2) is 9.97 Å². The zero-order chi connectivity index (χ0) is 26.1. The molecule has 0 spiro atoms. The molecule has 2 N–H and O–H groups in total. The molecule has 0 aliphatic carbocycles. The van der Waals surface area contributed by atoms with Crippen molar-refractivity contribution in [1.82, 2.24) is 19.4 Å². The highest BCUT2D eigenvalue weighted by Crippen LogP contribution is 2.47. The molecule has 0 atom stereocenters. The zero-order valence-electron chi connectivity index (χ0n) is 20.8. The number of nitrogens with zero attached hydrogens (tertiary/aromatic N) is 6. The summed E-state index contributed by atoms with van der Waals surface area (Å²) in [6.45, 7) is 1.18. The molecule has 0 radical (unpaired) electrons. The molecular formula is C25H28ClN7O3. The lowest BCUT2D eigenvalue weighted by Gasteiger charge is -2.25. The van der Waals surface area contributed by atoms with Gasteiger partial charge in [0.25, 0.3) is 5.69 Å². The fraction of sp³-hybridized carbons (Fsp3) is 0.280. The number of nitro groups is 1. The first kappa shape index (κ1) is 25.2. The zero-order valence-corrected chi connectivity index (χ0v) is 21.6. The van der Waals surface area contributed by atoms with E-state index in [0.29, 0.717) is 35.1 Å². The van der Waals surface area contributed by atoms with E-state index in [1.165, 1.54) is 19.4 Å². The molecule has 0 fully saturated rings. The standard InChI is InChI=1S/C25H28ClN7O3/c1-30(2)10-11-31(3)23-20(33(34)35)12-18(27)24(36-5)21(23)25-28-13-17(26)22(29-25)16-14-32(4)19-9-7-6-8-15(16)19/h6-9,12-14H,10-11,27H2,1-5H3. The number of nitrogen functional groups attached to an aromatic ring is 1. The molecule has 188 valence electrons. The summed E-state index contributed by atoms with van der Waals surface area (Å²) in [5.74, 6) is 0.486. The number of fused-ring (bicyclic) bond motifs is 1.